The molecule has 104 valence electrons. The van der Waals surface area contributed by atoms with Gasteiger partial charge in [0.25, 0.3) is 0 Å². The molecule has 0 radical (unpaired) electrons. The number of hydrogen-bond donors (Lipinski definition) is 1. The third kappa shape index (κ3) is 2.45. The van der Waals surface area contributed by atoms with E-state index in [4.69, 9.17) is 4.74 Å². The summed E-state index contributed by atoms with van der Waals surface area (Å²) in [6, 6.07) is 12.9. The lowest BCUT2D eigenvalue weighted by Crippen LogP contribution is -2.27. The van der Waals surface area contributed by atoms with Crippen molar-refractivity contribution in [3.8, 4) is 5.75 Å². The second-order valence-electron chi connectivity index (χ2n) is 4.89. The fourth-order valence-electron chi connectivity index (χ4n) is 2.64. The van der Waals surface area contributed by atoms with Gasteiger partial charge in [0.05, 0.1) is 0 Å². The summed E-state index contributed by atoms with van der Waals surface area (Å²) in [5.74, 6) is 0.597. The van der Waals surface area contributed by atoms with Crippen molar-refractivity contribution in [1.29, 1.82) is 0 Å². The van der Waals surface area contributed by atoms with Gasteiger partial charge in [0.2, 0.25) is 0 Å². The van der Waals surface area contributed by atoms with Crippen LogP contribution in [0.3, 0.4) is 0 Å². The van der Waals surface area contributed by atoms with E-state index in [1.807, 2.05) is 31.3 Å². The fraction of sp³-hybridized carbons (Fsp3) is 0.250. The Morgan fingerprint density at radius 3 is 2.75 bits per heavy atom. The fourth-order valence-corrected chi connectivity index (χ4v) is 3.02. The van der Waals surface area contributed by atoms with Gasteiger partial charge in [0.15, 0.2) is 0 Å². The van der Waals surface area contributed by atoms with E-state index in [0.29, 0.717) is 12.0 Å². The first-order valence-electron chi connectivity index (χ1n) is 6.57. The minimum atomic E-state index is -0.262. The van der Waals surface area contributed by atoms with Gasteiger partial charge in [-0.05, 0) is 31.3 Å². The van der Waals surface area contributed by atoms with E-state index in [-0.39, 0.29) is 18.0 Å². The van der Waals surface area contributed by atoms with Crippen LogP contribution < -0.4 is 10.1 Å². The quantitative estimate of drug-likeness (QED) is 0.879. The number of fused-ring (bicyclic) bond motifs is 1. The maximum Gasteiger partial charge on any atom is 0.130 e. The molecule has 1 N–H and O–H groups in total. The molecule has 2 nitrogen and oxygen atoms in total. The monoisotopic (exact) mass is 335 g/mol. The van der Waals surface area contributed by atoms with Gasteiger partial charge in [0, 0.05) is 28.1 Å². The van der Waals surface area contributed by atoms with Crippen molar-refractivity contribution >= 4 is 15.9 Å². The molecular formula is C16H15BrFNO. The topological polar surface area (TPSA) is 21.3 Å². The van der Waals surface area contributed by atoms with Crippen LogP contribution in [0.5, 0.6) is 5.75 Å². The second kappa shape index (κ2) is 5.54. The Bertz CT molecular complexity index is 632. The Kier molecular flexibility index (Phi) is 3.76. The third-order valence-electron chi connectivity index (χ3n) is 3.67. The van der Waals surface area contributed by atoms with E-state index in [0.717, 1.165) is 15.8 Å². The molecule has 0 fully saturated rings. The van der Waals surface area contributed by atoms with Crippen LogP contribution in [0.1, 0.15) is 29.7 Å². The van der Waals surface area contributed by atoms with Crippen molar-refractivity contribution in [2.24, 2.45) is 0 Å². The Hall–Kier alpha value is -1.39. The van der Waals surface area contributed by atoms with Gasteiger partial charge in [-0.1, -0.05) is 34.1 Å². The lowest BCUT2D eigenvalue weighted by Gasteiger charge is -2.32. The molecular weight excluding hydrogens is 321 g/mol. The minimum Gasteiger partial charge on any atom is -0.485 e. The van der Waals surface area contributed by atoms with Crippen molar-refractivity contribution in [1.82, 2.24) is 5.32 Å². The molecule has 0 saturated carbocycles. The van der Waals surface area contributed by atoms with Crippen LogP contribution in [0.4, 0.5) is 4.39 Å². The van der Waals surface area contributed by atoms with E-state index in [9.17, 15) is 4.39 Å². The molecule has 2 aromatic rings. The lowest BCUT2D eigenvalue weighted by atomic mass is 9.93. The Morgan fingerprint density at radius 1 is 1.20 bits per heavy atom. The number of halogens is 2. The van der Waals surface area contributed by atoms with Crippen LogP contribution in [-0.2, 0) is 0 Å². The lowest BCUT2D eigenvalue weighted by molar-refractivity contribution is 0.150. The molecule has 1 aliphatic heterocycles. The van der Waals surface area contributed by atoms with E-state index in [1.54, 1.807) is 12.1 Å². The Labute approximate surface area is 126 Å². The molecule has 2 aromatic carbocycles. The van der Waals surface area contributed by atoms with Gasteiger partial charge >= 0.3 is 0 Å². The zero-order chi connectivity index (χ0) is 14.1. The molecule has 0 spiro atoms. The van der Waals surface area contributed by atoms with E-state index in [1.165, 1.54) is 6.07 Å². The molecule has 1 aliphatic rings. The zero-order valence-electron chi connectivity index (χ0n) is 11.1. The molecule has 3 rings (SSSR count). The molecule has 0 bridgehead atoms. The number of benzene rings is 2. The summed E-state index contributed by atoms with van der Waals surface area (Å²) in [4.78, 5) is 0. The maximum atomic E-state index is 13.9. The molecule has 0 amide bonds. The van der Waals surface area contributed by atoms with Crippen molar-refractivity contribution in [2.75, 3.05) is 7.05 Å². The Morgan fingerprint density at radius 2 is 2.00 bits per heavy atom. The van der Waals surface area contributed by atoms with Crippen molar-refractivity contribution < 1.29 is 9.13 Å². The van der Waals surface area contributed by atoms with Crippen LogP contribution in [0, 0.1) is 5.82 Å². The SMILES string of the molecule is CNC1CC(c2ccccc2F)Oc2ccc(Br)cc21. The predicted octanol–water partition coefficient (Wildman–Crippen LogP) is 4.37. The van der Waals surface area contributed by atoms with Gasteiger partial charge < -0.3 is 10.1 Å². The number of rotatable bonds is 2. The standard InChI is InChI=1S/C16H15BrFNO/c1-19-14-9-16(11-4-2-3-5-13(11)18)20-15-7-6-10(17)8-12(14)15/h2-8,14,16,19H,9H2,1H3. The molecule has 4 heteroatoms. The van der Waals surface area contributed by atoms with Crippen LogP contribution >= 0.6 is 15.9 Å². The van der Waals surface area contributed by atoms with Crippen LogP contribution in [0.2, 0.25) is 0 Å². The van der Waals surface area contributed by atoms with E-state index in [2.05, 4.69) is 21.2 Å². The molecule has 0 aromatic heterocycles. The van der Waals surface area contributed by atoms with Crippen molar-refractivity contribution in [3.05, 3.63) is 63.9 Å². The highest BCUT2D eigenvalue weighted by atomic mass is 79.9. The molecule has 1 heterocycles. The first-order chi connectivity index (χ1) is 9.69. The average molecular weight is 336 g/mol. The minimum absolute atomic E-state index is 0.154. The van der Waals surface area contributed by atoms with Gasteiger partial charge in [-0.25, -0.2) is 4.39 Å². The van der Waals surface area contributed by atoms with Crippen LogP contribution in [-0.4, -0.2) is 7.05 Å². The van der Waals surface area contributed by atoms with Crippen LogP contribution in [0.25, 0.3) is 0 Å². The van der Waals surface area contributed by atoms with Gasteiger partial charge in [0.1, 0.15) is 17.7 Å². The van der Waals surface area contributed by atoms with Gasteiger partial charge in [-0.3, -0.25) is 0 Å². The first-order valence-corrected chi connectivity index (χ1v) is 7.36. The number of ether oxygens (including phenoxy) is 1. The summed E-state index contributed by atoms with van der Waals surface area (Å²) in [5, 5.41) is 3.28. The average Bonchev–Trinajstić information content (AvgIpc) is 2.46. The summed E-state index contributed by atoms with van der Waals surface area (Å²) in [7, 11) is 1.92. The second-order valence-corrected chi connectivity index (χ2v) is 5.80. The highest BCUT2D eigenvalue weighted by molar-refractivity contribution is 9.10. The molecule has 0 saturated heterocycles. The summed E-state index contributed by atoms with van der Waals surface area (Å²) < 4.78 is 20.9. The molecule has 2 unspecified atom stereocenters. The van der Waals surface area contributed by atoms with E-state index < -0.39 is 0 Å². The summed E-state index contributed by atoms with van der Waals surface area (Å²) >= 11 is 3.48. The highest BCUT2D eigenvalue weighted by Crippen LogP contribution is 2.42. The number of nitrogens with one attached hydrogen (secondary N) is 1. The smallest absolute Gasteiger partial charge is 0.130 e. The molecule has 20 heavy (non-hydrogen) atoms. The third-order valence-corrected chi connectivity index (χ3v) is 4.16. The zero-order valence-corrected chi connectivity index (χ0v) is 12.7. The first kappa shape index (κ1) is 13.6. The molecule has 2 atom stereocenters. The summed E-state index contributed by atoms with van der Waals surface area (Å²) in [6.07, 6.45) is 0.447. The maximum absolute atomic E-state index is 13.9. The summed E-state index contributed by atoms with van der Waals surface area (Å²) in [5.41, 5.74) is 1.72. The van der Waals surface area contributed by atoms with Crippen molar-refractivity contribution in [2.45, 2.75) is 18.6 Å². The Balaban J connectivity index is 1.99. The summed E-state index contributed by atoms with van der Waals surface area (Å²) in [6.45, 7) is 0. The van der Waals surface area contributed by atoms with Gasteiger partial charge in [-0.15, -0.1) is 0 Å². The van der Waals surface area contributed by atoms with Crippen molar-refractivity contribution in [3.63, 3.8) is 0 Å². The van der Waals surface area contributed by atoms with Crippen LogP contribution in [0.15, 0.2) is 46.9 Å². The molecule has 0 aliphatic carbocycles. The van der Waals surface area contributed by atoms with Gasteiger partial charge in [-0.2, -0.15) is 0 Å². The number of hydrogen-bond acceptors (Lipinski definition) is 2. The normalized spacial score (nSPS) is 21.1. The highest BCUT2D eigenvalue weighted by Gasteiger charge is 2.29. The van der Waals surface area contributed by atoms with E-state index >= 15 is 0 Å². The largest absolute Gasteiger partial charge is 0.485 e. The predicted molar refractivity (Wildman–Crippen MR) is 80.3 cm³/mol.